The molecule has 0 aromatic carbocycles. The molecule has 5 heteroatoms. The number of carbonyl (C=O) groups excluding carboxylic acids is 1. The number of nitrogens with two attached hydrogens (primary N) is 1. The lowest BCUT2D eigenvalue weighted by molar-refractivity contribution is -0.137. The third-order valence-corrected chi connectivity index (χ3v) is 2.67. The van der Waals surface area contributed by atoms with Gasteiger partial charge in [0.25, 0.3) is 0 Å². The Hall–Kier alpha value is -1.07. The van der Waals surface area contributed by atoms with Gasteiger partial charge in [-0.3, -0.25) is 0 Å². The quantitative estimate of drug-likeness (QED) is 0.391. The number of rotatable bonds is 6. The molecule has 1 aliphatic heterocycles. The highest BCUT2D eigenvalue weighted by Gasteiger charge is 2.08. The molecule has 0 spiro atoms. The molecule has 1 saturated heterocycles. The maximum absolute atomic E-state index is 11.1. The average molecular weight is 241 g/mol. The van der Waals surface area contributed by atoms with E-state index in [9.17, 15) is 4.79 Å². The van der Waals surface area contributed by atoms with Crippen molar-refractivity contribution >= 4 is 5.97 Å². The van der Waals surface area contributed by atoms with E-state index in [0.29, 0.717) is 12.3 Å². The highest BCUT2D eigenvalue weighted by Crippen LogP contribution is 1.98. The van der Waals surface area contributed by atoms with Gasteiger partial charge in [0.2, 0.25) is 0 Å². The predicted molar refractivity (Wildman–Crippen MR) is 67.4 cm³/mol. The summed E-state index contributed by atoms with van der Waals surface area (Å²) < 4.78 is 5.02. The number of piperazine rings is 1. The van der Waals surface area contributed by atoms with E-state index in [1.807, 2.05) is 0 Å². The Morgan fingerprint density at radius 3 is 2.76 bits per heavy atom. The lowest BCUT2D eigenvalue weighted by atomic mass is 10.2. The molecule has 17 heavy (non-hydrogen) atoms. The first-order valence-electron chi connectivity index (χ1n) is 6.22. The van der Waals surface area contributed by atoms with Crippen molar-refractivity contribution in [2.24, 2.45) is 5.73 Å². The molecule has 1 heterocycles. The molecule has 1 aliphatic rings. The molecule has 0 bridgehead atoms. The highest BCUT2D eigenvalue weighted by atomic mass is 16.5. The van der Waals surface area contributed by atoms with Gasteiger partial charge in [-0.15, -0.1) is 0 Å². The van der Waals surface area contributed by atoms with E-state index >= 15 is 0 Å². The number of carbonyl (C=O) groups is 1. The molecule has 0 saturated carbocycles. The molecule has 0 amide bonds. The summed E-state index contributed by atoms with van der Waals surface area (Å²) in [6.45, 7) is 7.64. The zero-order chi connectivity index (χ0) is 12.5. The molecule has 5 nitrogen and oxygen atoms in total. The minimum Gasteiger partial charge on any atom is -0.462 e. The summed E-state index contributed by atoms with van der Waals surface area (Å²) in [4.78, 5) is 13.6. The molecule has 3 N–H and O–H groups in total. The van der Waals surface area contributed by atoms with Crippen molar-refractivity contribution in [3.05, 3.63) is 11.8 Å². The number of nitrogens with one attached hydrogen (secondary N) is 1. The molecule has 1 rings (SSSR count). The topological polar surface area (TPSA) is 67.6 Å². The van der Waals surface area contributed by atoms with E-state index < -0.39 is 0 Å². The van der Waals surface area contributed by atoms with E-state index in [4.69, 9.17) is 10.5 Å². The van der Waals surface area contributed by atoms with Gasteiger partial charge in [0.1, 0.15) is 0 Å². The van der Waals surface area contributed by atoms with Crippen molar-refractivity contribution in [1.82, 2.24) is 10.2 Å². The van der Waals surface area contributed by atoms with Crippen LogP contribution >= 0.6 is 0 Å². The van der Waals surface area contributed by atoms with Crippen LogP contribution < -0.4 is 11.1 Å². The second-order valence-corrected chi connectivity index (χ2v) is 4.35. The number of esters is 1. The summed E-state index contributed by atoms with van der Waals surface area (Å²) in [6, 6.07) is 0. The fourth-order valence-electron chi connectivity index (χ4n) is 1.77. The number of nitrogens with zero attached hydrogens (tertiary/aromatic N) is 1. The zero-order valence-electron chi connectivity index (χ0n) is 10.6. The summed E-state index contributed by atoms with van der Waals surface area (Å²) >= 11 is 0. The number of unbranched alkanes of at least 4 members (excludes halogenated alkanes) is 1. The Morgan fingerprint density at radius 1 is 1.41 bits per heavy atom. The van der Waals surface area contributed by atoms with Crippen molar-refractivity contribution in [2.75, 3.05) is 39.3 Å². The first-order chi connectivity index (χ1) is 8.18. The van der Waals surface area contributed by atoms with Crippen LogP contribution in [0.15, 0.2) is 11.8 Å². The number of allylic oxidation sites excluding steroid dienone is 1. The predicted octanol–water partition coefficient (Wildman–Crippen LogP) is 0.0775. The summed E-state index contributed by atoms with van der Waals surface area (Å²) in [6.07, 6.45) is 3.29. The van der Waals surface area contributed by atoms with Gasteiger partial charge in [-0.1, -0.05) is 0 Å². The van der Waals surface area contributed by atoms with Crippen molar-refractivity contribution in [1.29, 1.82) is 0 Å². The molecule has 0 aliphatic carbocycles. The first-order valence-corrected chi connectivity index (χ1v) is 6.22. The number of ether oxygens (including phenoxy) is 1. The van der Waals surface area contributed by atoms with Crippen LogP contribution in [0.1, 0.15) is 19.8 Å². The van der Waals surface area contributed by atoms with Crippen LogP contribution in [0.3, 0.4) is 0 Å². The van der Waals surface area contributed by atoms with Crippen LogP contribution in [0.2, 0.25) is 0 Å². The van der Waals surface area contributed by atoms with E-state index in [-0.39, 0.29) is 5.97 Å². The van der Waals surface area contributed by atoms with Crippen LogP contribution in [0.4, 0.5) is 0 Å². The van der Waals surface area contributed by atoms with E-state index in [2.05, 4.69) is 10.2 Å². The SMILES string of the molecule is C/C(N)=C/C(=O)OCCCCN1CCNCC1. The van der Waals surface area contributed by atoms with E-state index in [1.54, 1.807) is 6.92 Å². The maximum Gasteiger partial charge on any atom is 0.332 e. The highest BCUT2D eigenvalue weighted by molar-refractivity contribution is 5.82. The zero-order valence-corrected chi connectivity index (χ0v) is 10.6. The number of hydrogen-bond acceptors (Lipinski definition) is 5. The minimum atomic E-state index is -0.341. The summed E-state index contributed by atoms with van der Waals surface area (Å²) in [5.41, 5.74) is 5.85. The molecule has 0 aromatic heterocycles. The van der Waals surface area contributed by atoms with Gasteiger partial charge in [-0.05, 0) is 26.3 Å². The lowest BCUT2D eigenvalue weighted by Crippen LogP contribution is -2.43. The van der Waals surface area contributed by atoms with Crippen molar-refractivity contribution in [3.8, 4) is 0 Å². The Labute approximate surface area is 103 Å². The lowest BCUT2D eigenvalue weighted by Gasteiger charge is -2.26. The van der Waals surface area contributed by atoms with Crippen LogP contribution in [0.25, 0.3) is 0 Å². The van der Waals surface area contributed by atoms with Gasteiger partial charge in [0, 0.05) is 38.0 Å². The number of hydrogen-bond donors (Lipinski definition) is 2. The molecule has 0 radical (unpaired) electrons. The molecule has 0 atom stereocenters. The van der Waals surface area contributed by atoms with Crippen LogP contribution in [-0.2, 0) is 9.53 Å². The van der Waals surface area contributed by atoms with Gasteiger partial charge in [0.15, 0.2) is 0 Å². The monoisotopic (exact) mass is 241 g/mol. The minimum absolute atomic E-state index is 0.341. The summed E-state index contributed by atoms with van der Waals surface area (Å²) in [5.74, 6) is -0.341. The fraction of sp³-hybridized carbons (Fsp3) is 0.750. The molecular weight excluding hydrogens is 218 g/mol. The third kappa shape index (κ3) is 6.97. The summed E-state index contributed by atoms with van der Waals surface area (Å²) in [5, 5.41) is 3.32. The Balaban J connectivity index is 1.97. The summed E-state index contributed by atoms with van der Waals surface area (Å²) in [7, 11) is 0. The van der Waals surface area contributed by atoms with Crippen LogP contribution in [0, 0.1) is 0 Å². The Kier molecular flexibility index (Phi) is 6.65. The standard InChI is InChI=1S/C12H23N3O2/c1-11(13)10-12(16)17-9-3-2-6-15-7-4-14-5-8-15/h10,14H,2-9,13H2,1H3/b11-10-. The van der Waals surface area contributed by atoms with E-state index in [1.165, 1.54) is 6.08 Å². The largest absolute Gasteiger partial charge is 0.462 e. The third-order valence-electron chi connectivity index (χ3n) is 2.67. The Bertz CT molecular complexity index is 256. The molecular formula is C12H23N3O2. The average Bonchev–Trinajstić information content (AvgIpc) is 2.29. The fourth-order valence-corrected chi connectivity index (χ4v) is 1.77. The van der Waals surface area contributed by atoms with Crippen molar-refractivity contribution < 1.29 is 9.53 Å². The maximum atomic E-state index is 11.1. The van der Waals surface area contributed by atoms with Crippen molar-refractivity contribution in [2.45, 2.75) is 19.8 Å². The second-order valence-electron chi connectivity index (χ2n) is 4.35. The molecule has 1 fully saturated rings. The van der Waals surface area contributed by atoms with Gasteiger partial charge >= 0.3 is 5.97 Å². The van der Waals surface area contributed by atoms with Gasteiger partial charge in [-0.2, -0.15) is 0 Å². The van der Waals surface area contributed by atoms with Crippen molar-refractivity contribution in [3.63, 3.8) is 0 Å². The second kappa shape index (κ2) is 8.08. The van der Waals surface area contributed by atoms with Crippen LogP contribution in [0.5, 0.6) is 0 Å². The van der Waals surface area contributed by atoms with E-state index in [0.717, 1.165) is 45.6 Å². The van der Waals surface area contributed by atoms with Gasteiger partial charge < -0.3 is 20.7 Å². The normalized spacial score (nSPS) is 18.1. The van der Waals surface area contributed by atoms with Gasteiger partial charge in [-0.25, -0.2) is 4.79 Å². The Morgan fingerprint density at radius 2 is 2.12 bits per heavy atom. The molecule has 0 unspecified atom stereocenters. The smallest absolute Gasteiger partial charge is 0.332 e. The molecule has 98 valence electrons. The van der Waals surface area contributed by atoms with Gasteiger partial charge in [0.05, 0.1) is 6.61 Å². The molecule has 0 aromatic rings. The van der Waals surface area contributed by atoms with Crippen LogP contribution in [-0.4, -0.2) is 50.2 Å². The first kappa shape index (κ1) is 14.0.